The van der Waals surface area contributed by atoms with Crippen molar-refractivity contribution in [2.24, 2.45) is 10.6 Å². The standard InChI is InChI=1S/C11H23N3O3S2/c1-11(2,7-19-12)9(16)10(17)14-4-3-8(15)13-5-6-18/h9,16,18H,3-7,12H2,1-2H3,(H,13,15)(H,14,17). The molecule has 0 fully saturated rings. The van der Waals surface area contributed by atoms with Gasteiger partial charge in [0.25, 0.3) is 0 Å². The summed E-state index contributed by atoms with van der Waals surface area (Å²) in [5, 5.41) is 20.4. The van der Waals surface area contributed by atoms with Crippen LogP contribution >= 0.6 is 24.6 Å². The zero-order valence-electron chi connectivity index (χ0n) is 11.3. The molecule has 0 aliphatic carbocycles. The molecule has 0 heterocycles. The van der Waals surface area contributed by atoms with E-state index in [0.717, 1.165) is 11.9 Å². The number of carbonyl (C=O) groups excluding carboxylic acids is 2. The van der Waals surface area contributed by atoms with Crippen molar-refractivity contribution in [3.8, 4) is 0 Å². The van der Waals surface area contributed by atoms with Crippen LogP contribution in [0.2, 0.25) is 0 Å². The van der Waals surface area contributed by atoms with Crippen molar-refractivity contribution in [1.29, 1.82) is 0 Å². The number of carbonyl (C=O) groups is 2. The van der Waals surface area contributed by atoms with Crippen LogP contribution in [-0.2, 0) is 9.59 Å². The molecule has 0 saturated heterocycles. The number of hydrogen-bond donors (Lipinski definition) is 5. The molecule has 0 spiro atoms. The van der Waals surface area contributed by atoms with Gasteiger partial charge in [-0.2, -0.15) is 12.6 Å². The molecule has 19 heavy (non-hydrogen) atoms. The van der Waals surface area contributed by atoms with Crippen LogP contribution in [0.25, 0.3) is 0 Å². The average molecular weight is 309 g/mol. The summed E-state index contributed by atoms with van der Waals surface area (Å²) in [6.45, 7) is 4.21. The topological polar surface area (TPSA) is 104 Å². The predicted octanol–water partition coefficient (Wildman–Crippen LogP) is -0.467. The first-order valence-electron chi connectivity index (χ1n) is 6.00. The van der Waals surface area contributed by atoms with Crippen LogP contribution in [0.4, 0.5) is 0 Å². The summed E-state index contributed by atoms with van der Waals surface area (Å²) >= 11 is 5.05. The second-order valence-corrected chi connectivity index (χ2v) is 5.89. The molecule has 0 saturated carbocycles. The van der Waals surface area contributed by atoms with Crippen LogP contribution in [-0.4, -0.2) is 47.6 Å². The van der Waals surface area contributed by atoms with E-state index >= 15 is 0 Å². The van der Waals surface area contributed by atoms with E-state index in [2.05, 4.69) is 23.3 Å². The molecule has 0 aromatic carbocycles. The van der Waals surface area contributed by atoms with E-state index in [1.165, 1.54) is 0 Å². The van der Waals surface area contributed by atoms with Crippen LogP contribution < -0.4 is 15.8 Å². The number of aliphatic hydroxyl groups is 1. The van der Waals surface area contributed by atoms with Crippen molar-refractivity contribution in [1.82, 2.24) is 10.6 Å². The van der Waals surface area contributed by atoms with Crippen LogP contribution in [0.15, 0.2) is 0 Å². The quantitative estimate of drug-likeness (QED) is 0.293. The van der Waals surface area contributed by atoms with E-state index < -0.39 is 17.4 Å². The highest BCUT2D eigenvalue weighted by atomic mass is 32.2. The third kappa shape index (κ3) is 7.66. The maximum absolute atomic E-state index is 11.7. The molecule has 0 aromatic heterocycles. The zero-order chi connectivity index (χ0) is 14.9. The zero-order valence-corrected chi connectivity index (χ0v) is 13.0. The van der Waals surface area contributed by atoms with E-state index in [1.54, 1.807) is 13.8 Å². The molecule has 6 nitrogen and oxygen atoms in total. The molecule has 112 valence electrons. The molecular weight excluding hydrogens is 286 g/mol. The van der Waals surface area contributed by atoms with Crippen LogP contribution in [0.3, 0.4) is 0 Å². The van der Waals surface area contributed by atoms with Gasteiger partial charge in [0.1, 0.15) is 6.10 Å². The first-order chi connectivity index (χ1) is 8.85. The lowest BCUT2D eigenvalue weighted by Crippen LogP contribution is -2.46. The number of thiol groups is 1. The summed E-state index contributed by atoms with van der Waals surface area (Å²) in [5.41, 5.74) is -0.613. The second kappa shape index (κ2) is 9.46. The number of nitrogens with two attached hydrogens (primary N) is 1. The monoisotopic (exact) mass is 309 g/mol. The van der Waals surface area contributed by atoms with E-state index in [1.807, 2.05) is 0 Å². The third-order valence-corrected chi connectivity index (χ3v) is 3.66. The van der Waals surface area contributed by atoms with Crippen molar-refractivity contribution in [3.05, 3.63) is 0 Å². The Morgan fingerprint density at radius 3 is 2.53 bits per heavy atom. The maximum Gasteiger partial charge on any atom is 0.249 e. The van der Waals surface area contributed by atoms with Crippen LogP contribution in [0, 0.1) is 5.41 Å². The van der Waals surface area contributed by atoms with E-state index in [-0.39, 0.29) is 18.9 Å². The molecule has 0 rings (SSSR count). The Bertz CT molecular complexity index is 301. The average Bonchev–Trinajstić information content (AvgIpc) is 2.35. The normalized spacial score (nSPS) is 12.9. The van der Waals surface area contributed by atoms with Gasteiger partial charge < -0.3 is 15.7 Å². The number of amides is 2. The van der Waals surface area contributed by atoms with Gasteiger partial charge >= 0.3 is 0 Å². The molecule has 0 radical (unpaired) electrons. The predicted molar refractivity (Wildman–Crippen MR) is 80.9 cm³/mol. The highest BCUT2D eigenvalue weighted by molar-refractivity contribution is 7.97. The molecule has 0 aromatic rings. The summed E-state index contributed by atoms with van der Waals surface area (Å²) in [6.07, 6.45) is -0.970. The lowest BCUT2D eigenvalue weighted by Gasteiger charge is -2.28. The smallest absolute Gasteiger partial charge is 0.249 e. The molecule has 1 unspecified atom stereocenters. The first-order valence-corrected chi connectivity index (χ1v) is 7.68. The van der Waals surface area contributed by atoms with Crippen LogP contribution in [0.5, 0.6) is 0 Å². The Balaban J connectivity index is 4.01. The van der Waals surface area contributed by atoms with Gasteiger partial charge in [0.15, 0.2) is 0 Å². The second-order valence-electron chi connectivity index (χ2n) is 4.82. The van der Waals surface area contributed by atoms with Crippen molar-refractivity contribution >= 4 is 36.4 Å². The van der Waals surface area contributed by atoms with Gasteiger partial charge in [-0.1, -0.05) is 25.8 Å². The maximum atomic E-state index is 11.7. The van der Waals surface area contributed by atoms with Gasteiger partial charge in [0.05, 0.1) is 0 Å². The molecule has 0 aliphatic rings. The molecule has 0 bridgehead atoms. The highest BCUT2D eigenvalue weighted by Crippen LogP contribution is 2.24. The minimum Gasteiger partial charge on any atom is -0.383 e. The van der Waals surface area contributed by atoms with Crippen LogP contribution in [0.1, 0.15) is 20.3 Å². The van der Waals surface area contributed by atoms with Gasteiger partial charge in [-0.05, 0) is 0 Å². The van der Waals surface area contributed by atoms with Gasteiger partial charge in [-0.25, -0.2) is 0 Å². The lowest BCUT2D eigenvalue weighted by atomic mass is 9.88. The minimum absolute atomic E-state index is 0.152. The number of rotatable bonds is 9. The Morgan fingerprint density at radius 2 is 2.00 bits per heavy atom. The van der Waals surface area contributed by atoms with Crippen molar-refractivity contribution < 1.29 is 14.7 Å². The Labute approximate surface area is 123 Å². The summed E-state index contributed by atoms with van der Waals surface area (Å²) in [4.78, 5) is 23.0. The number of hydrogen-bond acceptors (Lipinski definition) is 6. The molecule has 2 amide bonds. The summed E-state index contributed by atoms with van der Waals surface area (Å²) in [5.74, 6) is 0.396. The first kappa shape index (κ1) is 18.6. The largest absolute Gasteiger partial charge is 0.383 e. The SMILES string of the molecule is CC(C)(CSN)C(O)C(=O)NCCC(=O)NCCS. The van der Waals surface area contributed by atoms with E-state index in [4.69, 9.17) is 5.14 Å². The van der Waals surface area contributed by atoms with Crippen molar-refractivity contribution in [3.63, 3.8) is 0 Å². The lowest BCUT2D eigenvalue weighted by molar-refractivity contribution is -0.134. The Morgan fingerprint density at radius 1 is 1.37 bits per heavy atom. The van der Waals surface area contributed by atoms with Crippen molar-refractivity contribution in [2.45, 2.75) is 26.4 Å². The van der Waals surface area contributed by atoms with Gasteiger partial charge in [-0.3, -0.25) is 14.7 Å². The minimum atomic E-state index is -1.15. The number of aliphatic hydroxyl groups excluding tert-OH is 1. The summed E-state index contributed by atoms with van der Waals surface area (Å²) < 4.78 is 0. The molecular formula is C11H23N3O3S2. The molecule has 1 atom stereocenters. The van der Waals surface area contributed by atoms with Gasteiger partial charge in [0, 0.05) is 36.4 Å². The van der Waals surface area contributed by atoms with E-state index in [0.29, 0.717) is 18.1 Å². The fourth-order valence-corrected chi connectivity index (χ4v) is 2.03. The third-order valence-electron chi connectivity index (χ3n) is 2.53. The van der Waals surface area contributed by atoms with Gasteiger partial charge in [-0.15, -0.1) is 0 Å². The fourth-order valence-electron chi connectivity index (χ4n) is 1.33. The Hall–Kier alpha value is -0.440. The summed E-state index contributed by atoms with van der Waals surface area (Å²) in [6, 6.07) is 0. The van der Waals surface area contributed by atoms with E-state index in [9.17, 15) is 14.7 Å². The fraction of sp³-hybridized carbons (Fsp3) is 0.818. The number of nitrogens with one attached hydrogen (secondary N) is 2. The molecule has 5 N–H and O–H groups in total. The Kier molecular flexibility index (Phi) is 9.24. The van der Waals surface area contributed by atoms with Crippen molar-refractivity contribution in [2.75, 3.05) is 24.6 Å². The molecule has 8 heteroatoms. The summed E-state index contributed by atoms with van der Waals surface area (Å²) in [7, 11) is 0. The molecule has 0 aliphatic heterocycles. The highest BCUT2D eigenvalue weighted by Gasteiger charge is 2.33. The van der Waals surface area contributed by atoms with Gasteiger partial charge in [0.2, 0.25) is 11.8 Å².